The van der Waals surface area contributed by atoms with Gasteiger partial charge in [0.2, 0.25) is 5.91 Å². The van der Waals surface area contributed by atoms with Crippen molar-refractivity contribution in [1.29, 1.82) is 0 Å². The fourth-order valence-corrected chi connectivity index (χ4v) is 3.61. The van der Waals surface area contributed by atoms with Crippen LogP contribution < -0.4 is 10.2 Å². The normalized spacial score (nSPS) is 12.3. The van der Waals surface area contributed by atoms with Gasteiger partial charge in [0.1, 0.15) is 0 Å². The van der Waals surface area contributed by atoms with Gasteiger partial charge in [-0.25, -0.2) is 0 Å². The number of aromatic nitrogens is 1. The first-order valence-electron chi connectivity index (χ1n) is 8.13. The van der Waals surface area contributed by atoms with Crippen LogP contribution in [0.4, 0.5) is 32.0 Å². The molecule has 29 heavy (non-hydrogen) atoms. The minimum atomic E-state index is -5.01. The van der Waals surface area contributed by atoms with Gasteiger partial charge in [0, 0.05) is 18.7 Å². The van der Waals surface area contributed by atoms with Crippen LogP contribution in [0.2, 0.25) is 0 Å². The van der Waals surface area contributed by atoms with Crippen LogP contribution in [0.15, 0.2) is 47.3 Å². The number of para-hydroxylation sites is 1. The van der Waals surface area contributed by atoms with E-state index in [1.54, 1.807) is 24.3 Å². The first-order valence-corrected chi connectivity index (χ1v) is 8.94. The van der Waals surface area contributed by atoms with E-state index in [0.29, 0.717) is 22.3 Å². The molecule has 154 valence electrons. The molecule has 2 aromatic carbocycles. The number of alkyl halides is 6. The Morgan fingerprint density at radius 2 is 1.55 bits per heavy atom. The molecule has 1 heterocycles. The Morgan fingerprint density at radius 1 is 0.966 bits per heavy atom. The number of anilines is 1. The minimum Gasteiger partial charge on any atom is -0.326 e. The number of carbonyl (C=O) groups is 1. The zero-order valence-electron chi connectivity index (χ0n) is 14.4. The van der Waals surface area contributed by atoms with Gasteiger partial charge in [-0.05, 0) is 30.3 Å². The number of aryl methyl sites for hydroxylation is 1. The zero-order chi connectivity index (χ0) is 21.4. The van der Waals surface area contributed by atoms with E-state index in [4.69, 9.17) is 0 Å². The molecular formula is C18H12F6N2O2S. The molecule has 0 saturated carbocycles. The summed E-state index contributed by atoms with van der Waals surface area (Å²) < 4.78 is 79.3. The molecule has 1 N–H and O–H groups in total. The maximum atomic E-state index is 12.9. The van der Waals surface area contributed by atoms with Crippen molar-refractivity contribution in [3.8, 4) is 0 Å². The molecule has 0 aliphatic rings. The predicted molar refractivity (Wildman–Crippen MR) is 95.8 cm³/mol. The largest absolute Gasteiger partial charge is 0.416 e. The number of hydrogen-bond acceptors (Lipinski definition) is 3. The van der Waals surface area contributed by atoms with Gasteiger partial charge in [-0.3, -0.25) is 14.2 Å². The highest BCUT2D eigenvalue weighted by atomic mass is 32.1. The molecule has 3 rings (SSSR count). The van der Waals surface area contributed by atoms with Gasteiger partial charge >= 0.3 is 17.2 Å². The van der Waals surface area contributed by atoms with Crippen molar-refractivity contribution in [3.63, 3.8) is 0 Å². The summed E-state index contributed by atoms with van der Waals surface area (Å²) in [6.45, 7) is -0.0697. The summed E-state index contributed by atoms with van der Waals surface area (Å²) in [6.07, 6.45) is -10.3. The lowest BCUT2D eigenvalue weighted by atomic mass is 10.1. The first kappa shape index (κ1) is 20.9. The molecule has 0 aliphatic heterocycles. The minimum absolute atomic E-state index is 0.0211. The van der Waals surface area contributed by atoms with Crippen molar-refractivity contribution in [2.75, 3.05) is 5.32 Å². The molecule has 0 aliphatic carbocycles. The zero-order valence-corrected chi connectivity index (χ0v) is 15.2. The topological polar surface area (TPSA) is 51.1 Å². The molecule has 3 aromatic rings. The van der Waals surface area contributed by atoms with Crippen LogP contribution in [0.1, 0.15) is 17.5 Å². The van der Waals surface area contributed by atoms with Crippen LogP contribution in [-0.4, -0.2) is 10.5 Å². The van der Waals surface area contributed by atoms with Crippen LogP contribution >= 0.6 is 11.3 Å². The van der Waals surface area contributed by atoms with Crippen molar-refractivity contribution < 1.29 is 31.1 Å². The first-order chi connectivity index (χ1) is 13.4. The summed E-state index contributed by atoms with van der Waals surface area (Å²) in [4.78, 5) is 23.8. The third kappa shape index (κ3) is 4.78. The Bertz CT molecular complexity index is 1080. The molecule has 0 atom stereocenters. The quantitative estimate of drug-likeness (QED) is 0.579. The molecule has 0 fully saturated rings. The van der Waals surface area contributed by atoms with Crippen molar-refractivity contribution >= 4 is 33.1 Å². The smallest absolute Gasteiger partial charge is 0.326 e. The summed E-state index contributed by atoms with van der Waals surface area (Å²) in [5.74, 6) is -0.820. The number of thiazole rings is 1. The SMILES string of the molecule is O=C(CCn1c(=O)sc2ccccc21)Nc1cc(C(F)(F)F)cc(C(F)(F)F)c1. The van der Waals surface area contributed by atoms with Gasteiger partial charge in [-0.1, -0.05) is 23.5 Å². The standard InChI is InChI=1S/C18H12F6N2O2S/c19-17(20,21)10-7-11(18(22,23)24)9-12(8-10)25-15(27)5-6-26-13-3-1-2-4-14(13)29-16(26)28/h1-4,7-9H,5-6H2,(H,25,27). The Kier molecular flexibility index (Phi) is 5.44. The maximum Gasteiger partial charge on any atom is 0.416 e. The number of carbonyl (C=O) groups excluding carboxylic acids is 1. The van der Waals surface area contributed by atoms with Crippen LogP contribution in [0, 0.1) is 0 Å². The fraction of sp³-hybridized carbons (Fsp3) is 0.222. The summed E-state index contributed by atoms with van der Waals surface area (Å²) in [6, 6.07) is 7.67. The Labute approximate surface area is 163 Å². The number of halogens is 6. The predicted octanol–water partition coefficient (Wildman–Crippen LogP) is 5.13. The second-order valence-corrected chi connectivity index (χ2v) is 7.07. The summed E-state index contributed by atoms with van der Waals surface area (Å²) in [5.41, 5.74) is -3.08. The third-order valence-electron chi connectivity index (χ3n) is 4.01. The lowest BCUT2D eigenvalue weighted by molar-refractivity contribution is -0.143. The highest BCUT2D eigenvalue weighted by Crippen LogP contribution is 2.37. The van der Waals surface area contributed by atoms with E-state index >= 15 is 0 Å². The molecule has 0 bridgehead atoms. The molecule has 0 spiro atoms. The van der Waals surface area contributed by atoms with Crippen LogP contribution in [0.5, 0.6) is 0 Å². The van der Waals surface area contributed by atoms with Gasteiger partial charge in [-0.2, -0.15) is 26.3 Å². The molecule has 1 aromatic heterocycles. The van der Waals surface area contributed by atoms with E-state index in [2.05, 4.69) is 0 Å². The van der Waals surface area contributed by atoms with Gasteiger partial charge in [0.05, 0.1) is 21.3 Å². The number of amides is 1. The van der Waals surface area contributed by atoms with E-state index in [0.717, 1.165) is 11.3 Å². The highest BCUT2D eigenvalue weighted by Gasteiger charge is 2.37. The lowest BCUT2D eigenvalue weighted by Gasteiger charge is -2.15. The van der Waals surface area contributed by atoms with E-state index in [1.807, 2.05) is 5.32 Å². The molecule has 11 heteroatoms. The molecule has 0 saturated heterocycles. The average Bonchev–Trinajstić information content (AvgIpc) is 2.93. The lowest BCUT2D eigenvalue weighted by Crippen LogP contribution is -2.20. The Morgan fingerprint density at radius 3 is 2.14 bits per heavy atom. The molecule has 0 unspecified atom stereocenters. The third-order valence-corrected chi connectivity index (χ3v) is 4.97. The van der Waals surface area contributed by atoms with Gasteiger partial charge < -0.3 is 5.32 Å². The number of rotatable bonds is 4. The van der Waals surface area contributed by atoms with Gasteiger partial charge in [0.25, 0.3) is 0 Å². The second kappa shape index (κ2) is 7.54. The Balaban J connectivity index is 1.79. The van der Waals surface area contributed by atoms with E-state index < -0.39 is 35.1 Å². The maximum absolute atomic E-state index is 12.9. The number of benzene rings is 2. The summed E-state index contributed by atoms with van der Waals surface area (Å²) in [7, 11) is 0. The number of nitrogens with one attached hydrogen (secondary N) is 1. The fourth-order valence-electron chi connectivity index (χ4n) is 2.69. The molecule has 0 radical (unpaired) electrons. The average molecular weight is 434 g/mol. The van der Waals surface area contributed by atoms with E-state index in [9.17, 15) is 35.9 Å². The van der Waals surface area contributed by atoms with Gasteiger partial charge in [0.15, 0.2) is 0 Å². The van der Waals surface area contributed by atoms with Crippen molar-refractivity contribution in [2.24, 2.45) is 0 Å². The molecular weight excluding hydrogens is 422 g/mol. The Hall–Kier alpha value is -2.82. The van der Waals surface area contributed by atoms with E-state index in [1.165, 1.54) is 4.57 Å². The number of hydrogen-bond donors (Lipinski definition) is 1. The van der Waals surface area contributed by atoms with Crippen molar-refractivity contribution in [1.82, 2.24) is 4.57 Å². The van der Waals surface area contributed by atoms with Crippen LogP contribution in [-0.2, 0) is 23.7 Å². The molecule has 1 amide bonds. The van der Waals surface area contributed by atoms with Crippen molar-refractivity contribution in [3.05, 3.63) is 63.3 Å². The number of fused-ring (bicyclic) bond motifs is 1. The van der Waals surface area contributed by atoms with E-state index in [-0.39, 0.29) is 23.9 Å². The number of nitrogens with zero attached hydrogens (tertiary/aromatic N) is 1. The van der Waals surface area contributed by atoms with Crippen molar-refractivity contribution in [2.45, 2.75) is 25.3 Å². The highest BCUT2D eigenvalue weighted by molar-refractivity contribution is 7.16. The van der Waals surface area contributed by atoms with Crippen LogP contribution in [0.3, 0.4) is 0 Å². The van der Waals surface area contributed by atoms with Crippen LogP contribution in [0.25, 0.3) is 10.2 Å². The van der Waals surface area contributed by atoms with Gasteiger partial charge in [-0.15, -0.1) is 0 Å². The second-order valence-electron chi connectivity index (χ2n) is 6.08. The summed E-state index contributed by atoms with van der Waals surface area (Å²) >= 11 is 0.969. The monoisotopic (exact) mass is 434 g/mol. The molecule has 4 nitrogen and oxygen atoms in total. The summed E-state index contributed by atoms with van der Waals surface area (Å²) in [5, 5.41) is 2.05.